The summed E-state index contributed by atoms with van der Waals surface area (Å²) in [5.41, 5.74) is 8.20. The molecule has 0 atom stereocenters. The highest BCUT2D eigenvalue weighted by Gasteiger charge is 2.28. The highest BCUT2D eigenvalue weighted by atomic mass is 79.9. The number of halogens is 1. The Morgan fingerprint density at radius 1 is 1.26 bits per heavy atom. The highest BCUT2D eigenvalue weighted by Crippen LogP contribution is 2.36. The largest absolute Gasteiger partial charge is 0.395 e. The van der Waals surface area contributed by atoms with Crippen LogP contribution in [0.1, 0.15) is 11.4 Å². The third-order valence-electron chi connectivity index (χ3n) is 2.80. The summed E-state index contributed by atoms with van der Waals surface area (Å²) < 4.78 is 0.877. The summed E-state index contributed by atoms with van der Waals surface area (Å²) in [6.07, 6.45) is 3.18. The predicted octanol–water partition coefficient (Wildman–Crippen LogP) is 2.02. The van der Waals surface area contributed by atoms with E-state index in [1.54, 1.807) is 18.5 Å². The van der Waals surface area contributed by atoms with Crippen LogP contribution in [0, 0.1) is 0 Å². The molecular weight excluding hydrogens is 308 g/mol. The standard InChI is InChI=1S/C13H9BrN4O/c14-7-2-3-9-8(6-7)10(13(19)18-9)11(15)12-16-4-1-5-17-12/h1-6H,15H2,(H,18,19)/b11-10-. The topological polar surface area (TPSA) is 80.9 Å². The first-order chi connectivity index (χ1) is 9.16. The zero-order chi connectivity index (χ0) is 13.4. The van der Waals surface area contributed by atoms with Gasteiger partial charge in [0, 0.05) is 28.1 Å². The summed E-state index contributed by atoms with van der Waals surface area (Å²) >= 11 is 3.38. The molecule has 0 bridgehead atoms. The van der Waals surface area contributed by atoms with Crippen LogP contribution in [0.15, 0.2) is 41.1 Å². The maximum absolute atomic E-state index is 12.0. The lowest BCUT2D eigenvalue weighted by atomic mass is 10.0. The molecule has 0 aliphatic carbocycles. The summed E-state index contributed by atoms with van der Waals surface area (Å²) in [7, 11) is 0. The molecule has 5 nitrogen and oxygen atoms in total. The zero-order valence-electron chi connectivity index (χ0n) is 9.72. The normalized spacial score (nSPS) is 15.9. The Balaban J connectivity index is 2.21. The van der Waals surface area contributed by atoms with E-state index < -0.39 is 0 Å². The van der Waals surface area contributed by atoms with Gasteiger partial charge in [-0.15, -0.1) is 0 Å². The SMILES string of the molecule is N/C(=C1\C(=O)Nc2ccc(Br)cc21)c1ncccn1. The number of nitrogens with two attached hydrogens (primary N) is 1. The molecule has 1 amide bonds. The summed E-state index contributed by atoms with van der Waals surface area (Å²) in [4.78, 5) is 20.2. The van der Waals surface area contributed by atoms with Gasteiger partial charge in [-0.05, 0) is 24.3 Å². The monoisotopic (exact) mass is 316 g/mol. The van der Waals surface area contributed by atoms with Crippen molar-refractivity contribution in [1.82, 2.24) is 9.97 Å². The number of carbonyl (C=O) groups is 1. The van der Waals surface area contributed by atoms with Crippen molar-refractivity contribution < 1.29 is 4.79 Å². The van der Waals surface area contributed by atoms with Crippen LogP contribution in [0.25, 0.3) is 11.3 Å². The molecule has 1 aliphatic heterocycles. The van der Waals surface area contributed by atoms with Gasteiger partial charge in [0.2, 0.25) is 0 Å². The van der Waals surface area contributed by atoms with E-state index in [1.807, 2.05) is 18.2 Å². The lowest BCUT2D eigenvalue weighted by Gasteiger charge is -2.04. The van der Waals surface area contributed by atoms with Gasteiger partial charge in [-0.1, -0.05) is 15.9 Å². The van der Waals surface area contributed by atoms with Crippen LogP contribution in [0.3, 0.4) is 0 Å². The minimum absolute atomic E-state index is 0.238. The second-order valence-corrected chi connectivity index (χ2v) is 4.92. The fraction of sp³-hybridized carbons (Fsp3) is 0. The number of aromatic nitrogens is 2. The minimum atomic E-state index is -0.238. The van der Waals surface area contributed by atoms with Gasteiger partial charge < -0.3 is 11.1 Å². The zero-order valence-corrected chi connectivity index (χ0v) is 11.3. The quantitative estimate of drug-likeness (QED) is 0.789. The van der Waals surface area contributed by atoms with Crippen molar-refractivity contribution in [3.05, 3.63) is 52.5 Å². The fourth-order valence-corrected chi connectivity index (χ4v) is 2.32. The van der Waals surface area contributed by atoms with Crippen molar-refractivity contribution in [1.29, 1.82) is 0 Å². The van der Waals surface area contributed by atoms with Crippen LogP contribution in [0.5, 0.6) is 0 Å². The summed E-state index contributed by atoms with van der Waals surface area (Å²) in [5.74, 6) is 0.110. The first-order valence-electron chi connectivity index (χ1n) is 5.55. The molecule has 0 spiro atoms. The number of nitrogens with zero attached hydrogens (tertiary/aromatic N) is 2. The second kappa shape index (κ2) is 4.47. The van der Waals surface area contributed by atoms with Crippen molar-refractivity contribution in [2.45, 2.75) is 0 Å². The van der Waals surface area contributed by atoms with Crippen LogP contribution in [-0.4, -0.2) is 15.9 Å². The van der Waals surface area contributed by atoms with E-state index in [1.165, 1.54) is 0 Å². The Bertz CT molecular complexity index is 697. The Morgan fingerprint density at radius 3 is 2.74 bits per heavy atom. The number of benzene rings is 1. The van der Waals surface area contributed by atoms with Crippen molar-refractivity contribution in [3.63, 3.8) is 0 Å². The van der Waals surface area contributed by atoms with Crippen molar-refractivity contribution in [2.24, 2.45) is 5.73 Å². The maximum Gasteiger partial charge on any atom is 0.258 e. The fourth-order valence-electron chi connectivity index (χ4n) is 1.96. The van der Waals surface area contributed by atoms with Gasteiger partial charge in [0.25, 0.3) is 5.91 Å². The maximum atomic E-state index is 12.0. The lowest BCUT2D eigenvalue weighted by Crippen LogP contribution is -2.11. The molecule has 0 radical (unpaired) electrons. The second-order valence-electron chi connectivity index (χ2n) is 4.01. The van der Waals surface area contributed by atoms with E-state index in [2.05, 4.69) is 31.2 Å². The number of hydrogen-bond donors (Lipinski definition) is 2. The van der Waals surface area contributed by atoms with Crippen LogP contribution in [-0.2, 0) is 4.79 Å². The summed E-state index contributed by atoms with van der Waals surface area (Å²) in [5, 5.41) is 2.77. The van der Waals surface area contributed by atoms with Gasteiger partial charge in [0.05, 0.1) is 11.3 Å². The third kappa shape index (κ3) is 2.00. The van der Waals surface area contributed by atoms with E-state index in [-0.39, 0.29) is 11.6 Å². The van der Waals surface area contributed by atoms with Gasteiger partial charge in [-0.2, -0.15) is 0 Å². The first-order valence-corrected chi connectivity index (χ1v) is 6.34. The molecule has 0 saturated carbocycles. The number of amides is 1. The Kier molecular flexibility index (Phi) is 2.79. The van der Waals surface area contributed by atoms with E-state index in [0.717, 1.165) is 15.7 Å². The average Bonchev–Trinajstić information content (AvgIpc) is 2.74. The molecule has 1 aliphatic rings. The lowest BCUT2D eigenvalue weighted by molar-refractivity contribution is -0.110. The molecule has 94 valence electrons. The third-order valence-corrected chi connectivity index (χ3v) is 3.30. The number of anilines is 1. The summed E-state index contributed by atoms with van der Waals surface area (Å²) in [6.45, 7) is 0. The number of rotatable bonds is 1. The van der Waals surface area contributed by atoms with Gasteiger partial charge in [-0.25, -0.2) is 9.97 Å². The Labute approximate surface area is 117 Å². The molecule has 1 aromatic carbocycles. The number of fused-ring (bicyclic) bond motifs is 1. The van der Waals surface area contributed by atoms with Gasteiger partial charge in [0.15, 0.2) is 5.82 Å². The van der Waals surface area contributed by atoms with Crippen LogP contribution in [0.2, 0.25) is 0 Å². The smallest absolute Gasteiger partial charge is 0.258 e. The van der Waals surface area contributed by atoms with E-state index in [4.69, 9.17) is 5.73 Å². The highest BCUT2D eigenvalue weighted by molar-refractivity contribution is 9.10. The van der Waals surface area contributed by atoms with E-state index in [0.29, 0.717) is 11.4 Å². The molecular formula is C13H9BrN4O. The first kappa shape index (κ1) is 11.9. The molecule has 1 aromatic heterocycles. The van der Waals surface area contributed by atoms with E-state index in [9.17, 15) is 4.79 Å². The number of carbonyl (C=O) groups excluding carboxylic acids is 1. The van der Waals surface area contributed by atoms with Crippen LogP contribution >= 0.6 is 15.9 Å². The number of hydrogen-bond acceptors (Lipinski definition) is 4. The van der Waals surface area contributed by atoms with Crippen molar-refractivity contribution in [2.75, 3.05) is 5.32 Å². The molecule has 2 heterocycles. The molecule has 3 N–H and O–H groups in total. The Morgan fingerprint density at radius 2 is 2.00 bits per heavy atom. The van der Waals surface area contributed by atoms with Crippen LogP contribution in [0.4, 0.5) is 5.69 Å². The predicted molar refractivity (Wildman–Crippen MR) is 75.8 cm³/mol. The number of nitrogens with one attached hydrogen (secondary N) is 1. The molecule has 2 aromatic rings. The molecule has 0 fully saturated rings. The summed E-state index contributed by atoms with van der Waals surface area (Å²) in [6, 6.07) is 7.22. The molecule has 6 heteroatoms. The van der Waals surface area contributed by atoms with Crippen molar-refractivity contribution in [3.8, 4) is 0 Å². The van der Waals surface area contributed by atoms with Gasteiger partial charge >= 0.3 is 0 Å². The van der Waals surface area contributed by atoms with Gasteiger partial charge in [-0.3, -0.25) is 4.79 Å². The molecule has 19 heavy (non-hydrogen) atoms. The minimum Gasteiger partial charge on any atom is -0.395 e. The molecule has 0 unspecified atom stereocenters. The average molecular weight is 317 g/mol. The van der Waals surface area contributed by atoms with Gasteiger partial charge in [0.1, 0.15) is 0 Å². The van der Waals surface area contributed by atoms with Crippen LogP contribution < -0.4 is 11.1 Å². The molecule has 0 saturated heterocycles. The van der Waals surface area contributed by atoms with E-state index >= 15 is 0 Å². The van der Waals surface area contributed by atoms with Crippen molar-refractivity contribution >= 4 is 38.8 Å². The molecule has 3 rings (SSSR count). The Hall–Kier alpha value is -2.21.